The van der Waals surface area contributed by atoms with E-state index < -0.39 is 0 Å². The summed E-state index contributed by atoms with van der Waals surface area (Å²) in [5.74, 6) is 0. The molecule has 0 aliphatic carbocycles. The van der Waals surface area contributed by atoms with E-state index >= 15 is 0 Å². The van der Waals surface area contributed by atoms with Crippen molar-refractivity contribution in [1.29, 1.82) is 0 Å². The Morgan fingerprint density at radius 1 is 1.12 bits per heavy atom. The van der Waals surface area contributed by atoms with Crippen LogP contribution in [0.15, 0.2) is 48.7 Å². The molecule has 1 aromatic carbocycles. The van der Waals surface area contributed by atoms with Gasteiger partial charge in [0.05, 0.1) is 5.69 Å². The average molecular weight is 212 g/mol. The first-order valence-electron chi connectivity index (χ1n) is 5.65. The van der Waals surface area contributed by atoms with Crippen molar-refractivity contribution in [2.45, 2.75) is 13.3 Å². The molecule has 2 nitrogen and oxygen atoms in total. The van der Waals surface area contributed by atoms with Crippen LogP contribution in [-0.4, -0.2) is 11.5 Å². The molecular weight excluding hydrogens is 196 g/mol. The van der Waals surface area contributed by atoms with E-state index in [1.54, 1.807) is 0 Å². The van der Waals surface area contributed by atoms with Gasteiger partial charge in [-0.25, -0.2) is 0 Å². The van der Waals surface area contributed by atoms with E-state index in [0.29, 0.717) is 0 Å². The number of anilines is 1. The summed E-state index contributed by atoms with van der Waals surface area (Å²) in [5, 5.41) is 3.36. The van der Waals surface area contributed by atoms with Crippen LogP contribution in [0.5, 0.6) is 0 Å². The van der Waals surface area contributed by atoms with Crippen LogP contribution < -0.4 is 5.32 Å². The SMILES string of the molecule is CCCNc1ccnc(-c2ccccc2)c1. The molecule has 0 aliphatic rings. The molecule has 16 heavy (non-hydrogen) atoms. The highest BCUT2D eigenvalue weighted by Crippen LogP contribution is 2.19. The molecule has 0 aliphatic heterocycles. The van der Waals surface area contributed by atoms with Gasteiger partial charge in [0.15, 0.2) is 0 Å². The van der Waals surface area contributed by atoms with E-state index in [-0.39, 0.29) is 0 Å². The van der Waals surface area contributed by atoms with E-state index in [2.05, 4.69) is 35.4 Å². The summed E-state index contributed by atoms with van der Waals surface area (Å²) in [5.41, 5.74) is 3.31. The topological polar surface area (TPSA) is 24.9 Å². The smallest absolute Gasteiger partial charge is 0.0722 e. The van der Waals surface area contributed by atoms with Crippen LogP contribution in [0, 0.1) is 0 Å². The number of nitrogens with one attached hydrogen (secondary N) is 1. The van der Waals surface area contributed by atoms with Gasteiger partial charge in [-0.05, 0) is 18.6 Å². The zero-order valence-corrected chi connectivity index (χ0v) is 9.48. The van der Waals surface area contributed by atoms with Gasteiger partial charge in [-0.15, -0.1) is 0 Å². The van der Waals surface area contributed by atoms with Crippen LogP contribution in [0.4, 0.5) is 5.69 Å². The molecule has 0 saturated carbocycles. The second kappa shape index (κ2) is 5.31. The minimum absolute atomic E-state index is 0.998. The van der Waals surface area contributed by atoms with Crippen molar-refractivity contribution < 1.29 is 0 Å². The number of hydrogen-bond donors (Lipinski definition) is 1. The van der Waals surface area contributed by atoms with E-state index in [0.717, 1.165) is 29.9 Å². The van der Waals surface area contributed by atoms with Crippen LogP contribution in [-0.2, 0) is 0 Å². The Morgan fingerprint density at radius 3 is 2.69 bits per heavy atom. The highest BCUT2D eigenvalue weighted by atomic mass is 14.9. The van der Waals surface area contributed by atoms with E-state index in [9.17, 15) is 0 Å². The van der Waals surface area contributed by atoms with Crippen molar-refractivity contribution in [3.05, 3.63) is 48.7 Å². The van der Waals surface area contributed by atoms with Crippen molar-refractivity contribution in [2.75, 3.05) is 11.9 Å². The Kier molecular flexibility index (Phi) is 3.54. The fourth-order valence-electron chi connectivity index (χ4n) is 1.58. The summed E-state index contributed by atoms with van der Waals surface area (Å²) in [4.78, 5) is 4.38. The predicted octanol–water partition coefficient (Wildman–Crippen LogP) is 3.57. The minimum Gasteiger partial charge on any atom is -0.385 e. The maximum absolute atomic E-state index is 4.38. The second-order valence-electron chi connectivity index (χ2n) is 3.72. The lowest BCUT2D eigenvalue weighted by Gasteiger charge is -2.06. The Labute approximate surface area is 96.4 Å². The second-order valence-corrected chi connectivity index (χ2v) is 3.72. The molecule has 2 heteroatoms. The summed E-state index contributed by atoms with van der Waals surface area (Å²) in [6, 6.07) is 14.3. The van der Waals surface area contributed by atoms with Gasteiger partial charge in [0.1, 0.15) is 0 Å². The third-order valence-electron chi connectivity index (χ3n) is 2.41. The first kappa shape index (κ1) is 10.7. The van der Waals surface area contributed by atoms with Crippen LogP contribution in [0.2, 0.25) is 0 Å². The number of rotatable bonds is 4. The quantitative estimate of drug-likeness (QED) is 0.838. The summed E-state index contributed by atoms with van der Waals surface area (Å²) in [7, 11) is 0. The Bertz CT molecular complexity index is 437. The molecule has 1 N–H and O–H groups in total. The van der Waals surface area contributed by atoms with Crippen molar-refractivity contribution >= 4 is 5.69 Å². The first-order valence-corrected chi connectivity index (χ1v) is 5.65. The highest BCUT2D eigenvalue weighted by Gasteiger charge is 1.99. The molecule has 1 aromatic heterocycles. The molecule has 1 heterocycles. The monoisotopic (exact) mass is 212 g/mol. The first-order chi connectivity index (χ1) is 7.90. The molecule has 0 spiro atoms. The van der Waals surface area contributed by atoms with Crippen LogP contribution in [0.25, 0.3) is 11.3 Å². The third kappa shape index (κ3) is 2.60. The van der Waals surface area contributed by atoms with Crippen molar-refractivity contribution in [2.24, 2.45) is 0 Å². The molecule has 2 rings (SSSR count). The fourth-order valence-corrected chi connectivity index (χ4v) is 1.58. The van der Waals surface area contributed by atoms with Gasteiger partial charge in [-0.3, -0.25) is 4.98 Å². The summed E-state index contributed by atoms with van der Waals surface area (Å²) >= 11 is 0. The third-order valence-corrected chi connectivity index (χ3v) is 2.41. The molecule has 0 fully saturated rings. The maximum Gasteiger partial charge on any atom is 0.0722 e. The summed E-state index contributed by atoms with van der Waals surface area (Å²) < 4.78 is 0. The van der Waals surface area contributed by atoms with Crippen molar-refractivity contribution in [1.82, 2.24) is 4.98 Å². The van der Waals surface area contributed by atoms with Gasteiger partial charge in [-0.2, -0.15) is 0 Å². The zero-order valence-electron chi connectivity index (χ0n) is 9.48. The molecule has 0 unspecified atom stereocenters. The molecule has 0 saturated heterocycles. The molecule has 0 amide bonds. The molecule has 0 bridgehead atoms. The number of hydrogen-bond acceptors (Lipinski definition) is 2. The molecule has 0 radical (unpaired) electrons. The van der Waals surface area contributed by atoms with Gasteiger partial charge in [-0.1, -0.05) is 37.3 Å². The van der Waals surface area contributed by atoms with E-state index in [1.165, 1.54) is 0 Å². The number of aromatic nitrogens is 1. The standard InChI is InChI=1S/C14H16N2/c1-2-9-15-13-8-10-16-14(11-13)12-6-4-3-5-7-12/h3-8,10-11H,2,9H2,1H3,(H,15,16). The lowest BCUT2D eigenvalue weighted by Crippen LogP contribution is -1.99. The average Bonchev–Trinajstić information content (AvgIpc) is 2.38. The number of pyridine rings is 1. The normalized spacial score (nSPS) is 10.1. The Balaban J connectivity index is 2.22. The fraction of sp³-hybridized carbons (Fsp3) is 0.214. The van der Waals surface area contributed by atoms with Gasteiger partial charge < -0.3 is 5.32 Å². The molecule has 82 valence electrons. The van der Waals surface area contributed by atoms with Gasteiger partial charge in [0.2, 0.25) is 0 Å². The Morgan fingerprint density at radius 2 is 1.94 bits per heavy atom. The van der Waals surface area contributed by atoms with Crippen molar-refractivity contribution in [3.63, 3.8) is 0 Å². The lowest BCUT2D eigenvalue weighted by molar-refractivity contribution is 0.979. The largest absolute Gasteiger partial charge is 0.385 e. The predicted molar refractivity (Wildman–Crippen MR) is 68.5 cm³/mol. The van der Waals surface area contributed by atoms with Crippen LogP contribution in [0.1, 0.15) is 13.3 Å². The van der Waals surface area contributed by atoms with Crippen LogP contribution >= 0.6 is 0 Å². The van der Waals surface area contributed by atoms with Gasteiger partial charge in [0.25, 0.3) is 0 Å². The van der Waals surface area contributed by atoms with E-state index in [1.807, 2.05) is 30.5 Å². The summed E-state index contributed by atoms with van der Waals surface area (Å²) in [6.07, 6.45) is 2.98. The van der Waals surface area contributed by atoms with Gasteiger partial charge >= 0.3 is 0 Å². The molecule has 2 aromatic rings. The number of benzene rings is 1. The zero-order chi connectivity index (χ0) is 11.2. The maximum atomic E-state index is 4.38. The van der Waals surface area contributed by atoms with Gasteiger partial charge in [0, 0.05) is 24.0 Å². The van der Waals surface area contributed by atoms with Crippen molar-refractivity contribution in [3.8, 4) is 11.3 Å². The molecular formula is C14H16N2. The highest BCUT2D eigenvalue weighted by molar-refractivity contribution is 5.63. The lowest BCUT2D eigenvalue weighted by atomic mass is 10.1. The summed E-state index contributed by atoms with van der Waals surface area (Å²) in [6.45, 7) is 3.16. The van der Waals surface area contributed by atoms with E-state index in [4.69, 9.17) is 0 Å². The minimum atomic E-state index is 0.998. The van der Waals surface area contributed by atoms with Crippen LogP contribution in [0.3, 0.4) is 0 Å². The Hall–Kier alpha value is -1.83. The molecule has 0 atom stereocenters. The number of nitrogens with zero attached hydrogens (tertiary/aromatic N) is 1.